The van der Waals surface area contributed by atoms with Crippen LogP contribution in [0.2, 0.25) is 0 Å². The number of carbonyl (C=O) groups excluding carboxylic acids is 1. The van der Waals surface area contributed by atoms with E-state index in [1.54, 1.807) is 7.11 Å². The molecule has 0 aromatic heterocycles. The fourth-order valence-corrected chi connectivity index (χ4v) is 1.24. The fraction of sp³-hybridized carbons (Fsp3) is 0.750. The smallest absolute Gasteiger partial charge is 0.449 e. The van der Waals surface area contributed by atoms with Crippen molar-refractivity contribution < 1.29 is 24.2 Å². The van der Waals surface area contributed by atoms with Crippen molar-refractivity contribution in [3.8, 4) is 0 Å². The minimum absolute atomic E-state index is 0.0722. The Morgan fingerprint density at radius 2 is 2.29 bits per heavy atom. The zero-order valence-corrected chi connectivity index (χ0v) is 7.86. The van der Waals surface area contributed by atoms with E-state index in [-0.39, 0.29) is 12.6 Å². The van der Waals surface area contributed by atoms with Gasteiger partial charge in [0.2, 0.25) is 0 Å². The first-order valence-electron chi connectivity index (χ1n) is 4.29. The lowest BCUT2D eigenvalue weighted by molar-refractivity contribution is -0.137. The van der Waals surface area contributed by atoms with Crippen LogP contribution < -0.4 is 5.32 Å². The topological polar surface area (TPSA) is 84.9 Å². The molecule has 2 N–H and O–H groups in total. The van der Waals surface area contributed by atoms with Gasteiger partial charge in [0.15, 0.2) is 0 Å². The van der Waals surface area contributed by atoms with Gasteiger partial charge in [-0.05, 0) is 12.3 Å². The number of hydrogen-bond donors (Lipinski definition) is 2. The number of esters is 1. The van der Waals surface area contributed by atoms with E-state index in [1.807, 2.05) is 0 Å². The molecule has 0 amide bonds. The second-order valence-electron chi connectivity index (χ2n) is 3.18. The molecule has 0 radical (unpaired) electrons. The molecular weight excluding hydrogens is 190 g/mol. The summed E-state index contributed by atoms with van der Waals surface area (Å²) in [7, 11) is 1.62. The molecule has 0 heterocycles. The Morgan fingerprint density at radius 1 is 1.57 bits per heavy atom. The average Bonchev–Trinajstić information content (AvgIpc) is 2.80. The van der Waals surface area contributed by atoms with Gasteiger partial charge < -0.3 is 19.9 Å². The summed E-state index contributed by atoms with van der Waals surface area (Å²) in [6, 6.07) is 0.247. The predicted molar refractivity (Wildman–Crippen MR) is 45.9 cm³/mol. The summed E-state index contributed by atoms with van der Waals surface area (Å²) in [6.45, 7) is 0.586. The molecule has 2 unspecified atom stereocenters. The summed E-state index contributed by atoms with van der Waals surface area (Å²) in [6.07, 6.45) is -0.616. The van der Waals surface area contributed by atoms with Crippen molar-refractivity contribution in [3.05, 3.63) is 0 Å². The van der Waals surface area contributed by atoms with Gasteiger partial charge in [-0.1, -0.05) is 0 Å². The van der Waals surface area contributed by atoms with Gasteiger partial charge in [-0.3, -0.25) is 4.79 Å². The number of carboxylic acid groups (broad SMARTS) is 1. The van der Waals surface area contributed by atoms with Crippen molar-refractivity contribution in [1.29, 1.82) is 0 Å². The monoisotopic (exact) mass is 203 g/mol. The number of methoxy groups -OCH3 is 1. The van der Waals surface area contributed by atoms with Gasteiger partial charge in [0.25, 0.3) is 0 Å². The van der Waals surface area contributed by atoms with Crippen LogP contribution in [0.15, 0.2) is 0 Å². The number of rotatable bonds is 5. The first-order valence-corrected chi connectivity index (χ1v) is 4.29. The van der Waals surface area contributed by atoms with Crippen LogP contribution in [-0.2, 0) is 14.3 Å². The molecule has 14 heavy (non-hydrogen) atoms. The Hall–Kier alpha value is -1.14. The van der Waals surface area contributed by atoms with Crippen molar-refractivity contribution >= 4 is 12.1 Å². The van der Waals surface area contributed by atoms with Gasteiger partial charge in [0, 0.05) is 13.2 Å². The van der Waals surface area contributed by atoms with E-state index in [0.29, 0.717) is 12.5 Å². The number of carbonyl (C=O) groups is 2. The molecular formula is C8H13NO5. The maximum absolute atomic E-state index is 10.8. The van der Waals surface area contributed by atoms with E-state index in [2.05, 4.69) is 10.1 Å². The molecule has 6 nitrogen and oxygen atoms in total. The lowest BCUT2D eigenvalue weighted by Crippen LogP contribution is -2.29. The Labute approximate surface area is 81.2 Å². The molecule has 1 saturated carbocycles. The third kappa shape index (κ3) is 3.71. The summed E-state index contributed by atoms with van der Waals surface area (Å²) in [5.41, 5.74) is 0. The molecule has 1 rings (SSSR count). The second-order valence-corrected chi connectivity index (χ2v) is 3.18. The maximum Gasteiger partial charge on any atom is 0.513 e. The quantitative estimate of drug-likeness (QED) is 0.476. The van der Waals surface area contributed by atoms with Gasteiger partial charge in [0.05, 0.1) is 13.2 Å². The standard InChI is InChI=1S/C8H13NO5/c1-13-4-5-2-6(5)9-3-7(10)14-8(11)12/h5-6,9H,2-4H2,1H3,(H,11,12). The van der Waals surface area contributed by atoms with Crippen LogP contribution in [0, 0.1) is 5.92 Å². The molecule has 0 spiro atoms. The van der Waals surface area contributed by atoms with E-state index in [1.165, 1.54) is 0 Å². The summed E-state index contributed by atoms with van der Waals surface area (Å²) < 4.78 is 8.82. The first-order chi connectivity index (χ1) is 6.63. The van der Waals surface area contributed by atoms with Gasteiger partial charge in [-0.2, -0.15) is 0 Å². The van der Waals surface area contributed by atoms with Gasteiger partial charge >= 0.3 is 12.1 Å². The van der Waals surface area contributed by atoms with E-state index in [0.717, 1.165) is 6.42 Å². The lowest BCUT2D eigenvalue weighted by atomic mass is 10.4. The van der Waals surface area contributed by atoms with Gasteiger partial charge in [-0.25, -0.2) is 4.79 Å². The lowest BCUT2D eigenvalue weighted by Gasteiger charge is -2.01. The molecule has 1 aliphatic carbocycles. The van der Waals surface area contributed by atoms with Crippen LogP contribution in [-0.4, -0.2) is 43.5 Å². The number of hydrogen-bond acceptors (Lipinski definition) is 5. The first kappa shape index (κ1) is 10.9. The van der Waals surface area contributed by atoms with Crippen molar-refractivity contribution in [2.24, 2.45) is 5.92 Å². The summed E-state index contributed by atoms with van der Waals surface area (Å²) in [5, 5.41) is 11.0. The molecule has 80 valence electrons. The van der Waals surface area contributed by atoms with Crippen molar-refractivity contribution in [2.75, 3.05) is 20.3 Å². The Balaban J connectivity index is 2.05. The zero-order chi connectivity index (χ0) is 10.6. The van der Waals surface area contributed by atoms with Crippen LogP contribution in [0.3, 0.4) is 0 Å². The molecule has 0 bridgehead atoms. The van der Waals surface area contributed by atoms with E-state index in [9.17, 15) is 9.59 Å². The summed E-state index contributed by atoms with van der Waals surface area (Å²) in [4.78, 5) is 20.7. The van der Waals surface area contributed by atoms with Crippen LogP contribution in [0.5, 0.6) is 0 Å². The number of nitrogens with one attached hydrogen (secondary N) is 1. The van der Waals surface area contributed by atoms with Crippen LogP contribution in [0.1, 0.15) is 6.42 Å². The largest absolute Gasteiger partial charge is 0.513 e. The Bertz CT molecular complexity index is 230. The summed E-state index contributed by atoms with van der Waals surface area (Å²) in [5.74, 6) is -0.349. The Morgan fingerprint density at radius 3 is 2.86 bits per heavy atom. The predicted octanol–water partition coefficient (Wildman–Crippen LogP) is -0.168. The number of ether oxygens (including phenoxy) is 2. The molecule has 0 saturated heterocycles. The van der Waals surface area contributed by atoms with Crippen LogP contribution in [0.25, 0.3) is 0 Å². The molecule has 0 aliphatic heterocycles. The highest BCUT2D eigenvalue weighted by Crippen LogP contribution is 2.29. The SMILES string of the molecule is COCC1CC1NCC(=O)OC(=O)O. The second kappa shape index (κ2) is 4.92. The van der Waals surface area contributed by atoms with E-state index < -0.39 is 12.1 Å². The van der Waals surface area contributed by atoms with Crippen LogP contribution in [0.4, 0.5) is 4.79 Å². The summed E-state index contributed by atoms with van der Waals surface area (Å²) >= 11 is 0. The minimum atomic E-state index is -1.57. The third-order valence-electron chi connectivity index (χ3n) is 2.01. The maximum atomic E-state index is 10.8. The van der Waals surface area contributed by atoms with E-state index >= 15 is 0 Å². The molecule has 1 aliphatic rings. The van der Waals surface area contributed by atoms with Crippen LogP contribution >= 0.6 is 0 Å². The molecule has 6 heteroatoms. The van der Waals surface area contributed by atoms with Crippen molar-refractivity contribution in [1.82, 2.24) is 5.32 Å². The van der Waals surface area contributed by atoms with Crippen molar-refractivity contribution in [3.63, 3.8) is 0 Å². The fourth-order valence-electron chi connectivity index (χ4n) is 1.24. The highest BCUT2D eigenvalue weighted by molar-refractivity contribution is 5.82. The molecule has 2 atom stereocenters. The van der Waals surface area contributed by atoms with Crippen molar-refractivity contribution in [2.45, 2.75) is 12.5 Å². The van der Waals surface area contributed by atoms with Gasteiger partial charge in [0.1, 0.15) is 0 Å². The zero-order valence-electron chi connectivity index (χ0n) is 7.86. The third-order valence-corrected chi connectivity index (χ3v) is 2.01. The molecule has 0 aromatic carbocycles. The minimum Gasteiger partial charge on any atom is -0.449 e. The highest BCUT2D eigenvalue weighted by Gasteiger charge is 2.36. The average molecular weight is 203 g/mol. The Kier molecular flexibility index (Phi) is 3.84. The van der Waals surface area contributed by atoms with E-state index in [4.69, 9.17) is 9.84 Å². The highest BCUT2D eigenvalue weighted by atomic mass is 16.7. The normalized spacial score (nSPS) is 24.4. The molecule has 1 fully saturated rings. The molecule has 0 aromatic rings. The van der Waals surface area contributed by atoms with Gasteiger partial charge in [-0.15, -0.1) is 0 Å².